The second-order valence-electron chi connectivity index (χ2n) is 4.24. The van der Waals surface area contributed by atoms with E-state index in [1.165, 1.54) is 11.1 Å². The van der Waals surface area contributed by atoms with Crippen LogP contribution in [-0.2, 0) is 0 Å². The van der Waals surface area contributed by atoms with E-state index in [1.54, 1.807) is 18.4 Å². The first-order valence-corrected chi connectivity index (χ1v) is 6.61. The Morgan fingerprint density at radius 3 is 2.35 bits per heavy atom. The highest BCUT2D eigenvalue weighted by Crippen LogP contribution is 2.20. The predicted molar refractivity (Wildman–Crippen MR) is 90.8 cm³/mol. The molecule has 0 aliphatic carbocycles. The number of hydrogen-bond donors (Lipinski definition) is 0. The fourth-order valence-electron chi connectivity index (χ4n) is 1.80. The molecule has 1 heteroatoms. The monoisotopic (exact) mass is 263 g/mol. The Labute approximate surface area is 122 Å². The van der Waals surface area contributed by atoms with Gasteiger partial charge in [0.1, 0.15) is 0 Å². The normalized spacial score (nSPS) is 13.6. The molecule has 1 rings (SSSR count). The van der Waals surface area contributed by atoms with Gasteiger partial charge in [-0.25, -0.2) is 0 Å². The van der Waals surface area contributed by atoms with Crippen molar-refractivity contribution in [3.8, 4) is 0 Å². The summed E-state index contributed by atoms with van der Waals surface area (Å²) >= 11 is 0. The van der Waals surface area contributed by atoms with Gasteiger partial charge in [0.25, 0.3) is 0 Å². The molecule has 0 radical (unpaired) electrons. The van der Waals surface area contributed by atoms with Crippen molar-refractivity contribution in [1.82, 2.24) is 0 Å². The number of benzene rings is 1. The van der Waals surface area contributed by atoms with E-state index < -0.39 is 0 Å². The van der Waals surface area contributed by atoms with Crippen molar-refractivity contribution < 1.29 is 0 Å². The van der Waals surface area contributed by atoms with Crippen LogP contribution in [0.25, 0.3) is 5.57 Å². The quantitative estimate of drug-likeness (QED) is 0.484. The van der Waals surface area contributed by atoms with Gasteiger partial charge in [-0.3, -0.25) is 4.99 Å². The number of nitrogens with zero attached hydrogens (tertiary/aromatic N) is 1. The molecule has 0 bridgehead atoms. The standard InChI is InChI=1S/C19H21N/c1-5-11-18(19(7-3)20-14-6-2)15-16(4)17-12-9-8-10-13-17/h5-15H,1-2H2,3-4H3/b16-15+,18-11+,19-7-,20-14-. The van der Waals surface area contributed by atoms with Crippen molar-refractivity contribution in [2.24, 2.45) is 4.99 Å². The van der Waals surface area contributed by atoms with Crippen LogP contribution in [-0.4, -0.2) is 6.21 Å². The maximum atomic E-state index is 4.38. The summed E-state index contributed by atoms with van der Waals surface area (Å²) in [6, 6.07) is 10.3. The molecule has 102 valence electrons. The maximum absolute atomic E-state index is 4.38. The van der Waals surface area contributed by atoms with Crippen molar-refractivity contribution in [2.45, 2.75) is 13.8 Å². The summed E-state index contributed by atoms with van der Waals surface area (Å²) < 4.78 is 0. The minimum atomic E-state index is 0.903. The minimum absolute atomic E-state index is 0.903. The Morgan fingerprint density at radius 2 is 1.80 bits per heavy atom. The van der Waals surface area contributed by atoms with Gasteiger partial charge in [0.2, 0.25) is 0 Å². The Bertz CT molecular complexity index is 569. The Balaban J connectivity index is 3.16. The van der Waals surface area contributed by atoms with E-state index in [2.05, 4.69) is 43.3 Å². The molecule has 0 saturated heterocycles. The lowest BCUT2D eigenvalue weighted by Gasteiger charge is -2.06. The fraction of sp³-hybridized carbons (Fsp3) is 0.105. The molecule has 20 heavy (non-hydrogen) atoms. The third-order valence-electron chi connectivity index (χ3n) is 2.79. The summed E-state index contributed by atoms with van der Waals surface area (Å²) in [6.07, 6.45) is 11.2. The zero-order valence-corrected chi connectivity index (χ0v) is 12.2. The average Bonchev–Trinajstić information content (AvgIpc) is 2.49. The molecule has 0 atom stereocenters. The van der Waals surface area contributed by atoms with E-state index in [4.69, 9.17) is 0 Å². The van der Waals surface area contributed by atoms with Crippen LogP contribution in [0.1, 0.15) is 19.4 Å². The molecule has 0 heterocycles. The number of rotatable bonds is 6. The van der Waals surface area contributed by atoms with Gasteiger partial charge in [-0.2, -0.15) is 0 Å². The van der Waals surface area contributed by atoms with Crippen LogP contribution in [0.3, 0.4) is 0 Å². The number of aliphatic imine (C=N–C) groups is 1. The van der Waals surface area contributed by atoms with Gasteiger partial charge >= 0.3 is 0 Å². The number of hydrogen-bond acceptors (Lipinski definition) is 1. The maximum Gasteiger partial charge on any atom is 0.0659 e. The Hall–Kier alpha value is -2.41. The molecule has 0 aromatic heterocycles. The lowest BCUT2D eigenvalue weighted by molar-refractivity contribution is 1.33. The first kappa shape index (κ1) is 15.6. The summed E-state index contributed by atoms with van der Waals surface area (Å²) in [4.78, 5) is 4.38. The molecule has 0 aliphatic rings. The van der Waals surface area contributed by atoms with Crippen LogP contribution in [0.15, 0.2) is 90.1 Å². The zero-order valence-electron chi connectivity index (χ0n) is 12.2. The summed E-state index contributed by atoms with van der Waals surface area (Å²) in [5.74, 6) is 0. The van der Waals surface area contributed by atoms with E-state index in [0.29, 0.717) is 0 Å². The highest BCUT2D eigenvalue weighted by atomic mass is 14.7. The lowest BCUT2D eigenvalue weighted by atomic mass is 10.0. The molecule has 0 fully saturated rings. The van der Waals surface area contributed by atoms with Crippen LogP contribution < -0.4 is 0 Å². The van der Waals surface area contributed by atoms with Crippen LogP contribution >= 0.6 is 0 Å². The summed E-state index contributed by atoms with van der Waals surface area (Å²) in [7, 11) is 0. The van der Waals surface area contributed by atoms with Gasteiger partial charge in [0.15, 0.2) is 0 Å². The largest absolute Gasteiger partial charge is 0.257 e. The second-order valence-corrected chi connectivity index (χ2v) is 4.24. The van der Waals surface area contributed by atoms with Gasteiger partial charge in [-0.1, -0.05) is 67.8 Å². The summed E-state index contributed by atoms with van der Waals surface area (Å²) in [5.41, 5.74) is 4.32. The molecule has 0 amide bonds. The molecule has 0 N–H and O–H groups in total. The minimum Gasteiger partial charge on any atom is -0.257 e. The third kappa shape index (κ3) is 4.69. The smallest absolute Gasteiger partial charge is 0.0659 e. The highest BCUT2D eigenvalue weighted by Gasteiger charge is 2.01. The van der Waals surface area contributed by atoms with Crippen molar-refractivity contribution in [3.05, 3.63) is 90.7 Å². The first-order chi connectivity index (χ1) is 9.72. The molecule has 1 nitrogen and oxygen atoms in total. The third-order valence-corrected chi connectivity index (χ3v) is 2.79. The molecule has 0 unspecified atom stereocenters. The van der Waals surface area contributed by atoms with E-state index in [0.717, 1.165) is 11.3 Å². The molecular weight excluding hydrogens is 242 g/mol. The van der Waals surface area contributed by atoms with Crippen LogP contribution in [0.2, 0.25) is 0 Å². The molecule has 0 aliphatic heterocycles. The fourth-order valence-corrected chi connectivity index (χ4v) is 1.80. The van der Waals surface area contributed by atoms with Gasteiger partial charge < -0.3 is 0 Å². The van der Waals surface area contributed by atoms with Gasteiger partial charge in [0.05, 0.1) is 5.70 Å². The average molecular weight is 263 g/mol. The first-order valence-electron chi connectivity index (χ1n) is 6.61. The van der Waals surface area contributed by atoms with E-state index >= 15 is 0 Å². The SMILES string of the molecule is C=C\C=N/C(=C\C)C(=C/C=C)/C=C(\C)c1ccccc1. The predicted octanol–water partition coefficient (Wildman–Crippen LogP) is 5.36. The van der Waals surface area contributed by atoms with Crippen molar-refractivity contribution in [3.63, 3.8) is 0 Å². The molecule has 1 aromatic rings. The van der Waals surface area contributed by atoms with E-state index in [9.17, 15) is 0 Å². The van der Waals surface area contributed by atoms with Gasteiger partial charge in [-0.15, -0.1) is 0 Å². The lowest BCUT2D eigenvalue weighted by Crippen LogP contribution is -1.87. The van der Waals surface area contributed by atoms with Crippen LogP contribution in [0.4, 0.5) is 0 Å². The zero-order chi connectivity index (χ0) is 14.8. The van der Waals surface area contributed by atoms with Gasteiger partial charge in [0, 0.05) is 11.8 Å². The summed E-state index contributed by atoms with van der Waals surface area (Å²) in [5, 5.41) is 0. The Kier molecular flexibility index (Phi) is 6.77. The van der Waals surface area contributed by atoms with Crippen molar-refractivity contribution in [2.75, 3.05) is 0 Å². The summed E-state index contributed by atoms with van der Waals surface area (Å²) in [6.45, 7) is 11.5. The molecule has 0 saturated carbocycles. The molecule has 1 aromatic carbocycles. The molecule has 0 spiro atoms. The van der Waals surface area contributed by atoms with Crippen molar-refractivity contribution in [1.29, 1.82) is 0 Å². The van der Waals surface area contributed by atoms with E-state index in [-0.39, 0.29) is 0 Å². The number of allylic oxidation sites excluding steroid dienone is 6. The van der Waals surface area contributed by atoms with Crippen LogP contribution in [0, 0.1) is 0 Å². The molecular formula is C19H21N. The second kappa shape index (κ2) is 8.65. The van der Waals surface area contributed by atoms with Crippen molar-refractivity contribution >= 4 is 11.8 Å². The van der Waals surface area contributed by atoms with E-state index in [1.807, 2.05) is 37.3 Å². The Morgan fingerprint density at radius 1 is 1.10 bits per heavy atom. The van der Waals surface area contributed by atoms with Gasteiger partial charge in [-0.05, 0) is 31.1 Å². The topological polar surface area (TPSA) is 12.4 Å². The van der Waals surface area contributed by atoms with Crippen LogP contribution in [0.5, 0.6) is 0 Å². The highest BCUT2D eigenvalue weighted by molar-refractivity contribution is 5.73.